The molecule has 3 rings (SSSR count). The zero-order valence-corrected chi connectivity index (χ0v) is 20.0. The Morgan fingerprint density at radius 3 is 2.28 bits per heavy atom. The number of para-hydroxylation sites is 1. The Hall–Kier alpha value is -2.42. The lowest BCUT2D eigenvalue weighted by Crippen LogP contribution is -2.40. The minimum Gasteiger partial charge on any atom is -0.496 e. The van der Waals surface area contributed by atoms with Gasteiger partial charge in [0.05, 0.1) is 18.0 Å². The minimum atomic E-state index is -3.64. The quantitative estimate of drug-likeness (QED) is 0.632. The molecule has 8 heteroatoms. The Morgan fingerprint density at radius 1 is 1.06 bits per heavy atom. The van der Waals surface area contributed by atoms with Gasteiger partial charge in [-0.05, 0) is 77.0 Å². The summed E-state index contributed by atoms with van der Waals surface area (Å²) in [5.74, 6) is 0.566. The minimum absolute atomic E-state index is 0.00763. The Bertz CT molecular complexity index is 1020. The number of benzene rings is 2. The van der Waals surface area contributed by atoms with Crippen molar-refractivity contribution in [2.45, 2.75) is 50.1 Å². The number of carbonyl (C=O) groups is 1. The second-order valence-corrected chi connectivity index (χ2v) is 10.8. The predicted octanol–water partition coefficient (Wildman–Crippen LogP) is 3.34. The van der Waals surface area contributed by atoms with E-state index in [1.54, 1.807) is 40.0 Å². The molecule has 174 valence electrons. The van der Waals surface area contributed by atoms with E-state index in [1.807, 2.05) is 24.3 Å². The van der Waals surface area contributed by atoms with Crippen LogP contribution in [0.15, 0.2) is 53.4 Å². The molecule has 2 aromatic carbocycles. The highest BCUT2D eigenvalue weighted by atomic mass is 32.2. The Morgan fingerprint density at radius 2 is 1.69 bits per heavy atom. The summed E-state index contributed by atoms with van der Waals surface area (Å²) in [4.78, 5) is 15.3. The Labute approximate surface area is 191 Å². The molecule has 1 atom stereocenters. The SMILES string of the molecule is COc1ccccc1C(CNC(=O)c1ccc(S(=O)(=O)NC(C)(C)C)cc1)N1CCCC1. The highest BCUT2D eigenvalue weighted by Crippen LogP contribution is 2.31. The monoisotopic (exact) mass is 459 g/mol. The van der Waals surface area contributed by atoms with Crippen LogP contribution in [0.2, 0.25) is 0 Å². The van der Waals surface area contributed by atoms with Crippen molar-refractivity contribution in [3.8, 4) is 5.75 Å². The molecule has 1 fully saturated rings. The van der Waals surface area contributed by atoms with E-state index in [2.05, 4.69) is 14.9 Å². The third-order valence-electron chi connectivity index (χ3n) is 5.40. The number of ether oxygens (including phenoxy) is 1. The van der Waals surface area contributed by atoms with Gasteiger partial charge in [-0.15, -0.1) is 0 Å². The summed E-state index contributed by atoms with van der Waals surface area (Å²) in [7, 11) is -1.99. The summed E-state index contributed by atoms with van der Waals surface area (Å²) >= 11 is 0. The van der Waals surface area contributed by atoms with Gasteiger partial charge in [-0.1, -0.05) is 18.2 Å². The van der Waals surface area contributed by atoms with E-state index in [0.717, 1.165) is 37.2 Å². The molecule has 0 bridgehead atoms. The lowest BCUT2D eigenvalue weighted by Gasteiger charge is -2.29. The van der Waals surface area contributed by atoms with Crippen molar-refractivity contribution in [3.05, 3.63) is 59.7 Å². The van der Waals surface area contributed by atoms with Crippen LogP contribution in [0.3, 0.4) is 0 Å². The smallest absolute Gasteiger partial charge is 0.251 e. The average Bonchev–Trinajstić information content (AvgIpc) is 3.27. The van der Waals surface area contributed by atoms with Crippen molar-refractivity contribution in [1.82, 2.24) is 14.9 Å². The lowest BCUT2D eigenvalue weighted by molar-refractivity contribution is 0.0937. The van der Waals surface area contributed by atoms with Gasteiger partial charge in [0.1, 0.15) is 5.75 Å². The first-order valence-electron chi connectivity index (χ1n) is 10.9. The van der Waals surface area contributed by atoms with Crippen molar-refractivity contribution in [2.75, 3.05) is 26.7 Å². The van der Waals surface area contributed by atoms with Gasteiger partial charge < -0.3 is 10.1 Å². The molecule has 1 aliphatic rings. The average molecular weight is 460 g/mol. The molecule has 1 saturated heterocycles. The van der Waals surface area contributed by atoms with E-state index in [9.17, 15) is 13.2 Å². The highest BCUT2D eigenvalue weighted by Gasteiger charge is 2.27. The van der Waals surface area contributed by atoms with E-state index in [0.29, 0.717) is 12.1 Å². The number of hydrogen-bond donors (Lipinski definition) is 2. The Balaban J connectivity index is 1.72. The molecule has 32 heavy (non-hydrogen) atoms. The van der Waals surface area contributed by atoms with Crippen LogP contribution >= 0.6 is 0 Å². The predicted molar refractivity (Wildman–Crippen MR) is 125 cm³/mol. The van der Waals surface area contributed by atoms with E-state index in [-0.39, 0.29) is 16.8 Å². The number of nitrogens with one attached hydrogen (secondary N) is 2. The van der Waals surface area contributed by atoms with Crippen LogP contribution in [0.25, 0.3) is 0 Å². The summed E-state index contributed by atoms with van der Waals surface area (Å²) in [6.07, 6.45) is 2.27. The van der Waals surface area contributed by atoms with Gasteiger partial charge in [0.25, 0.3) is 5.91 Å². The number of carbonyl (C=O) groups excluding carboxylic acids is 1. The molecule has 0 saturated carbocycles. The molecule has 0 aromatic heterocycles. The van der Waals surface area contributed by atoms with Crippen molar-refractivity contribution in [2.24, 2.45) is 0 Å². The number of rotatable bonds is 8. The topological polar surface area (TPSA) is 87.7 Å². The lowest BCUT2D eigenvalue weighted by atomic mass is 10.0. The maximum Gasteiger partial charge on any atom is 0.251 e. The molecule has 0 radical (unpaired) electrons. The summed E-state index contributed by atoms with van der Waals surface area (Å²) in [5.41, 5.74) is 0.879. The molecule has 1 aliphatic heterocycles. The zero-order chi connectivity index (χ0) is 23.4. The molecule has 0 spiro atoms. The molecule has 7 nitrogen and oxygen atoms in total. The summed E-state index contributed by atoms with van der Waals surface area (Å²) in [6.45, 7) is 7.74. The molecule has 1 amide bonds. The van der Waals surface area contributed by atoms with Crippen LogP contribution in [0.4, 0.5) is 0 Å². The molecule has 2 aromatic rings. The van der Waals surface area contributed by atoms with Gasteiger partial charge in [0, 0.05) is 23.2 Å². The van der Waals surface area contributed by atoms with Crippen LogP contribution in [0.5, 0.6) is 5.75 Å². The van der Waals surface area contributed by atoms with Gasteiger partial charge in [-0.25, -0.2) is 13.1 Å². The zero-order valence-electron chi connectivity index (χ0n) is 19.2. The second kappa shape index (κ2) is 10.0. The fraction of sp³-hybridized carbons (Fsp3) is 0.458. The van der Waals surface area contributed by atoms with E-state index < -0.39 is 15.6 Å². The van der Waals surface area contributed by atoms with E-state index in [4.69, 9.17) is 4.74 Å². The van der Waals surface area contributed by atoms with Crippen molar-refractivity contribution < 1.29 is 17.9 Å². The van der Waals surface area contributed by atoms with Crippen molar-refractivity contribution >= 4 is 15.9 Å². The van der Waals surface area contributed by atoms with E-state index >= 15 is 0 Å². The normalized spacial score (nSPS) is 16.0. The van der Waals surface area contributed by atoms with Crippen molar-refractivity contribution in [3.63, 3.8) is 0 Å². The maximum atomic E-state index is 12.8. The first-order chi connectivity index (χ1) is 15.1. The van der Waals surface area contributed by atoms with Gasteiger partial charge in [-0.3, -0.25) is 9.69 Å². The second-order valence-electron chi connectivity index (χ2n) is 9.09. The third-order valence-corrected chi connectivity index (χ3v) is 7.18. The number of methoxy groups -OCH3 is 1. The van der Waals surface area contributed by atoms with Crippen LogP contribution < -0.4 is 14.8 Å². The maximum absolute atomic E-state index is 12.8. The molecular weight excluding hydrogens is 426 g/mol. The Kier molecular flexibility index (Phi) is 7.59. The van der Waals surface area contributed by atoms with Gasteiger partial charge in [-0.2, -0.15) is 0 Å². The van der Waals surface area contributed by atoms with Crippen LogP contribution in [-0.2, 0) is 10.0 Å². The van der Waals surface area contributed by atoms with Gasteiger partial charge >= 0.3 is 0 Å². The standard InChI is InChI=1S/C24H33N3O4S/c1-24(2,3)26-32(29,30)19-13-11-18(12-14-19)23(28)25-17-21(27-15-7-8-16-27)20-9-5-6-10-22(20)31-4/h5-6,9-14,21,26H,7-8,15-17H2,1-4H3,(H,25,28). The molecule has 1 unspecified atom stereocenters. The van der Waals surface area contributed by atoms with Gasteiger partial charge in [0.15, 0.2) is 0 Å². The number of sulfonamides is 1. The van der Waals surface area contributed by atoms with Crippen LogP contribution in [0.1, 0.15) is 55.6 Å². The number of hydrogen-bond acceptors (Lipinski definition) is 5. The molecule has 0 aliphatic carbocycles. The first kappa shape index (κ1) is 24.2. The summed E-state index contributed by atoms with van der Waals surface area (Å²) < 4.78 is 33.1. The third kappa shape index (κ3) is 6.09. The summed E-state index contributed by atoms with van der Waals surface area (Å²) in [5, 5.41) is 3.02. The first-order valence-corrected chi connectivity index (χ1v) is 12.4. The van der Waals surface area contributed by atoms with Crippen molar-refractivity contribution in [1.29, 1.82) is 0 Å². The van der Waals surface area contributed by atoms with Crippen LogP contribution in [0, 0.1) is 0 Å². The molecule has 2 N–H and O–H groups in total. The number of likely N-dealkylation sites (tertiary alicyclic amines) is 1. The summed E-state index contributed by atoms with van der Waals surface area (Å²) in [6, 6.07) is 13.9. The largest absolute Gasteiger partial charge is 0.496 e. The highest BCUT2D eigenvalue weighted by molar-refractivity contribution is 7.89. The van der Waals surface area contributed by atoms with Crippen LogP contribution in [-0.4, -0.2) is 51.5 Å². The molecular formula is C24H33N3O4S. The molecule has 1 heterocycles. The van der Waals surface area contributed by atoms with E-state index in [1.165, 1.54) is 12.1 Å². The fourth-order valence-electron chi connectivity index (χ4n) is 3.97. The number of nitrogens with zero attached hydrogens (tertiary/aromatic N) is 1. The number of amides is 1. The van der Waals surface area contributed by atoms with Gasteiger partial charge in [0.2, 0.25) is 10.0 Å². The fourth-order valence-corrected chi connectivity index (χ4v) is 5.39.